The van der Waals surface area contributed by atoms with Crippen LogP contribution in [-0.4, -0.2) is 41.1 Å². The minimum Gasteiger partial charge on any atom is -0.493 e. The molecule has 178 valence electrons. The zero-order valence-corrected chi connectivity index (χ0v) is 19.4. The van der Waals surface area contributed by atoms with Crippen molar-refractivity contribution in [3.05, 3.63) is 70.5 Å². The Hall–Kier alpha value is -3.43. The lowest BCUT2D eigenvalue weighted by Gasteiger charge is -2.22. The van der Waals surface area contributed by atoms with Crippen LogP contribution in [0.5, 0.6) is 5.75 Å². The Morgan fingerprint density at radius 1 is 1.29 bits per heavy atom. The molecule has 34 heavy (non-hydrogen) atoms. The van der Waals surface area contributed by atoms with Crippen molar-refractivity contribution in [2.24, 2.45) is 11.7 Å². The number of nitrogens with zero attached hydrogens (tertiary/aromatic N) is 2. The number of carbonyl (C=O) groups excluding carboxylic acids is 2. The molecule has 2 aromatic carbocycles. The van der Waals surface area contributed by atoms with Gasteiger partial charge in [-0.15, -0.1) is 0 Å². The zero-order chi connectivity index (χ0) is 24.2. The predicted molar refractivity (Wildman–Crippen MR) is 127 cm³/mol. The van der Waals surface area contributed by atoms with E-state index in [9.17, 15) is 14.0 Å². The molecule has 4 N–H and O–H groups in total. The van der Waals surface area contributed by atoms with Crippen LogP contribution in [0.2, 0.25) is 5.02 Å². The van der Waals surface area contributed by atoms with Crippen molar-refractivity contribution in [3.8, 4) is 11.4 Å². The first-order chi connectivity index (χ1) is 16.3. The summed E-state index contributed by atoms with van der Waals surface area (Å²) in [5.41, 5.74) is 6.17. The smallest absolute Gasteiger partial charge is 0.276 e. The zero-order valence-electron chi connectivity index (χ0n) is 18.6. The molecule has 1 aliphatic heterocycles. The van der Waals surface area contributed by atoms with Crippen molar-refractivity contribution < 1.29 is 18.7 Å². The second kappa shape index (κ2) is 10.2. The maximum Gasteiger partial charge on any atom is 0.276 e. The number of rotatable bonds is 7. The highest BCUT2D eigenvalue weighted by Gasteiger charge is 2.25. The molecule has 10 heteroatoms. The third-order valence-electron chi connectivity index (χ3n) is 5.78. The first-order valence-electron chi connectivity index (χ1n) is 10.9. The van der Waals surface area contributed by atoms with E-state index in [1.165, 1.54) is 18.2 Å². The summed E-state index contributed by atoms with van der Waals surface area (Å²) in [7, 11) is 0. The number of aromatic nitrogens is 2. The highest BCUT2D eigenvalue weighted by atomic mass is 35.5. The van der Waals surface area contributed by atoms with Crippen LogP contribution < -0.4 is 21.1 Å². The predicted octanol–water partition coefficient (Wildman–Crippen LogP) is 3.70. The average Bonchev–Trinajstić information content (AvgIpc) is 3.25. The second-order valence-corrected chi connectivity index (χ2v) is 8.59. The number of imidazole rings is 1. The minimum absolute atomic E-state index is 0.0442. The fourth-order valence-electron chi connectivity index (χ4n) is 3.95. The standard InChI is InChI=1S/C24H25ClFN5O3/c1-14-11-16(34-12-15-7-9-28-10-8-15)5-6-19(14)30-24(33)20-22(23(27)32)31(13-29-20)21-17(25)3-2-4-18(21)26/h2-6,11,13,15,28H,7-10,12H2,1H3,(H2,27,32)(H,30,33). The van der Waals surface area contributed by atoms with Crippen molar-refractivity contribution in [1.82, 2.24) is 14.9 Å². The molecule has 0 atom stereocenters. The Balaban J connectivity index is 1.52. The molecule has 0 spiro atoms. The molecular formula is C24H25ClFN5O3. The monoisotopic (exact) mass is 485 g/mol. The van der Waals surface area contributed by atoms with Gasteiger partial charge in [0.25, 0.3) is 11.8 Å². The number of hydrogen-bond acceptors (Lipinski definition) is 5. The van der Waals surface area contributed by atoms with Crippen molar-refractivity contribution in [3.63, 3.8) is 0 Å². The molecule has 1 saturated heterocycles. The van der Waals surface area contributed by atoms with Crippen molar-refractivity contribution in [2.45, 2.75) is 19.8 Å². The Bertz CT molecular complexity index is 1200. The summed E-state index contributed by atoms with van der Waals surface area (Å²) in [6, 6.07) is 9.41. The normalized spacial score (nSPS) is 14.1. The fourth-order valence-corrected chi connectivity index (χ4v) is 4.20. The first-order valence-corrected chi connectivity index (χ1v) is 11.3. The van der Waals surface area contributed by atoms with Crippen LogP contribution >= 0.6 is 11.6 Å². The highest BCUT2D eigenvalue weighted by Crippen LogP contribution is 2.27. The number of aryl methyl sites for hydroxylation is 1. The maximum absolute atomic E-state index is 14.4. The van der Waals surface area contributed by atoms with Gasteiger partial charge in [0.1, 0.15) is 29.3 Å². The molecule has 0 aliphatic carbocycles. The van der Waals surface area contributed by atoms with Gasteiger partial charge < -0.3 is 21.1 Å². The van der Waals surface area contributed by atoms with Crippen molar-refractivity contribution >= 4 is 29.1 Å². The van der Waals surface area contributed by atoms with Crippen LogP contribution in [-0.2, 0) is 0 Å². The number of carbonyl (C=O) groups is 2. The Morgan fingerprint density at radius 2 is 2.06 bits per heavy atom. The van der Waals surface area contributed by atoms with E-state index < -0.39 is 17.6 Å². The highest BCUT2D eigenvalue weighted by molar-refractivity contribution is 6.32. The van der Waals surface area contributed by atoms with Gasteiger partial charge >= 0.3 is 0 Å². The lowest BCUT2D eigenvalue weighted by molar-refractivity contribution is 0.0970. The topological polar surface area (TPSA) is 111 Å². The van der Waals surface area contributed by atoms with E-state index in [0.717, 1.165) is 42.4 Å². The van der Waals surface area contributed by atoms with Gasteiger partial charge in [-0.2, -0.15) is 0 Å². The van der Waals surface area contributed by atoms with Crippen LogP contribution in [0, 0.1) is 18.7 Å². The van der Waals surface area contributed by atoms with E-state index in [0.29, 0.717) is 24.0 Å². The molecule has 1 aromatic heterocycles. The number of benzene rings is 2. The SMILES string of the molecule is Cc1cc(OCC2CCNCC2)ccc1NC(=O)c1ncn(-c2c(F)cccc2Cl)c1C(N)=O. The number of ether oxygens (including phenoxy) is 1. The van der Waals surface area contributed by atoms with E-state index in [1.807, 2.05) is 13.0 Å². The summed E-state index contributed by atoms with van der Waals surface area (Å²) in [6.45, 7) is 4.49. The lowest BCUT2D eigenvalue weighted by Crippen LogP contribution is -2.30. The van der Waals surface area contributed by atoms with E-state index in [1.54, 1.807) is 12.1 Å². The quantitative estimate of drug-likeness (QED) is 0.472. The molecule has 1 fully saturated rings. The molecule has 0 unspecified atom stereocenters. The number of amides is 2. The number of anilines is 1. The summed E-state index contributed by atoms with van der Waals surface area (Å²) in [5.74, 6) is -1.06. The summed E-state index contributed by atoms with van der Waals surface area (Å²) in [6.07, 6.45) is 3.31. The number of nitrogens with one attached hydrogen (secondary N) is 2. The van der Waals surface area contributed by atoms with Crippen LogP contribution in [0.1, 0.15) is 39.4 Å². The molecule has 1 aliphatic rings. The molecule has 2 amide bonds. The minimum atomic E-state index is -0.944. The molecule has 8 nitrogen and oxygen atoms in total. The second-order valence-electron chi connectivity index (χ2n) is 8.18. The number of nitrogens with two attached hydrogens (primary N) is 1. The van der Waals surface area contributed by atoms with E-state index >= 15 is 0 Å². The van der Waals surface area contributed by atoms with Gasteiger partial charge in [0.2, 0.25) is 0 Å². The van der Waals surface area contributed by atoms with Crippen LogP contribution in [0.4, 0.5) is 10.1 Å². The number of primary amides is 1. The summed E-state index contributed by atoms with van der Waals surface area (Å²) in [4.78, 5) is 29.1. The van der Waals surface area contributed by atoms with Crippen molar-refractivity contribution in [2.75, 3.05) is 25.0 Å². The largest absolute Gasteiger partial charge is 0.493 e. The summed E-state index contributed by atoms with van der Waals surface area (Å²) < 4.78 is 21.4. The van der Waals surface area contributed by atoms with E-state index in [2.05, 4.69) is 15.6 Å². The van der Waals surface area contributed by atoms with Crippen LogP contribution in [0.3, 0.4) is 0 Å². The Morgan fingerprint density at radius 3 is 2.74 bits per heavy atom. The van der Waals surface area contributed by atoms with Gasteiger partial charge in [-0.1, -0.05) is 17.7 Å². The summed E-state index contributed by atoms with van der Waals surface area (Å²) in [5, 5.41) is 6.11. The Labute approximate surface area is 201 Å². The summed E-state index contributed by atoms with van der Waals surface area (Å²) >= 11 is 6.11. The molecule has 0 bridgehead atoms. The molecule has 2 heterocycles. The lowest BCUT2D eigenvalue weighted by atomic mass is 9.99. The molecule has 4 rings (SSSR count). The van der Waals surface area contributed by atoms with E-state index in [-0.39, 0.29) is 22.1 Å². The number of para-hydroxylation sites is 1. The number of piperidine rings is 1. The molecule has 0 radical (unpaired) electrons. The maximum atomic E-state index is 14.4. The average molecular weight is 486 g/mol. The molecule has 3 aromatic rings. The number of hydrogen-bond donors (Lipinski definition) is 3. The van der Waals surface area contributed by atoms with Crippen LogP contribution in [0.25, 0.3) is 5.69 Å². The van der Waals surface area contributed by atoms with Gasteiger partial charge in [-0.3, -0.25) is 14.2 Å². The van der Waals surface area contributed by atoms with E-state index in [4.69, 9.17) is 22.1 Å². The van der Waals surface area contributed by atoms with Crippen molar-refractivity contribution in [1.29, 1.82) is 0 Å². The number of halogens is 2. The molecular weight excluding hydrogens is 461 g/mol. The van der Waals surface area contributed by atoms with Gasteiger partial charge in [0.05, 0.1) is 11.6 Å². The fraction of sp³-hybridized carbons (Fsp3) is 0.292. The third kappa shape index (κ3) is 5.05. The Kier molecular flexibility index (Phi) is 7.14. The molecule has 0 saturated carbocycles. The van der Waals surface area contributed by atoms with Gasteiger partial charge in [-0.25, -0.2) is 9.37 Å². The van der Waals surface area contributed by atoms with Gasteiger partial charge in [0.15, 0.2) is 5.69 Å². The van der Waals surface area contributed by atoms with Gasteiger partial charge in [-0.05, 0) is 74.7 Å². The van der Waals surface area contributed by atoms with Gasteiger partial charge in [0, 0.05) is 5.69 Å². The van der Waals surface area contributed by atoms with Crippen LogP contribution in [0.15, 0.2) is 42.7 Å². The third-order valence-corrected chi connectivity index (χ3v) is 6.09. The first kappa shape index (κ1) is 23.7.